The van der Waals surface area contributed by atoms with E-state index in [2.05, 4.69) is 22.8 Å². The molecule has 0 saturated carbocycles. The number of aryl methyl sites for hydroxylation is 1. The molecular weight excluding hydrogens is 310 g/mol. The number of nitrogens with one attached hydrogen (secondary N) is 2. The van der Waals surface area contributed by atoms with E-state index in [1.807, 2.05) is 24.3 Å². The number of fused-ring (bicyclic) bond motifs is 2. The number of amides is 1. The molecule has 1 spiro atoms. The number of benzene rings is 2. The molecule has 3 N–H and O–H groups in total. The first-order valence-corrected chi connectivity index (χ1v) is 8.23. The third kappa shape index (κ3) is 2.02. The van der Waals surface area contributed by atoms with Gasteiger partial charge in [0, 0.05) is 11.3 Å². The van der Waals surface area contributed by atoms with E-state index in [-0.39, 0.29) is 11.7 Å². The normalized spacial score (nSPS) is 21.8. The molecule has 1 atom stereocenters. The number of para-hydroxylation sites is 1. The summed E-state index contributed by atoms with van der Waals surface area (Å²) in [7, 11) is 0. The van der Waals surface area contributed by atoms with Crippen molar-refractivity contribution in [3.05, 3.63) is 59.2 Å². The van der Waals surface area contributed by atoms with Crippen LogP contribution in [0.25, 0.3) is 0 Å². The number of phenolic OH excluding ortho intramolecular Hbond substituents is 1. The van der Waals surface area contributed by atoms with Crippen LogP contribution in [0.3, 0.4) is 0 Å². The zero-order valence-electron chi connectivity index (χ0n) is 12.5. The smallest absolute Gasteiger partial charge is 0.267 e. The van der Waals surface area contributed by atoms with Crippen LogP contribution in [-0.2, 0) is 16.1 Å². The minimum absolute atomic E-state index is 0.139. The number of aromatic hydroxyl groups is 1. The fourth-order valence-corrected chi connectivity index (χ4v) is 4.02. The fraction of sp³-hybridized carbons (Fsp3) is 0.176. The molecule has 6 heteroatoms. The van der Waals surface area contributed by atoms with Crippen molar-refractivity contribution < 1.29 is 9.90 Å². The molecule has 0 radical (unpaired) electrons. The lowest BCUT2D eigenvalue weighted by Crippen LogP contribution is -2.39. The molecule has 2 aliphatic rings. The van der Waals surface area contributed by atoms with Gasteiger partial charge in [0.1, 0.15) is 10.8 Å². The Bertz CT molecular complexity index is 849. The summed E-state index contributed by atoms with van der Waals surface area (Å²) in [4.78, 5) is 11.6. The number of hydrogen-bond acceptors (Lipinski definition) is 5. The number of rotatable bonds is 2. The SMILES string of the molecule is CCc1ccc2c(c1)C1(NN=C(c3ccccc3O)S1)C(=O)N2. The average Bonchev–Trinajstić information content (AvgIpc) is 3.12. The number of hydrogen-bond donors (Lipinski definition) is 3. The molecule has 116 valence electrons. The van der Waals surface area contributed by atoms with Crippen LogP contribution < -0.4 is 10.7 Å². The van der Waals surface area contributed by atoms with E-state index in [0.717, 1.165) is 23.2 Å². The first-order valence-electron chi connectivity index (χ1n) is 7.41. The number of thioether (sulfide) groups is 1. The van der Waals surface area contributed by atoms with Crippen LogP contribution in [0.5, 0.6) is 5.75 Å². The minimum Gasteiger partial charge on any atom is -0.507 e. The highest BCUT2D eigenvalue weighted by molar-refractivity contribution is 8.16. The van der Waals surface area contributed by atoms with Gasteiger partial charge in [0.2, 0.25) is 4.87 Å². The maximum Gasteiger partial charge on any atom is 0.267 e. The second kappa shape index (κ2) is 5.03. The van der Waals surface area contributed by atoms with Crippen LogP contribution in [0.1, 0.15) is 23.6 Å². The van der Waals surface area contributed by atoms with Gasteiger partial charge in [0.05, 0.1) is 5.56 Å². The lowest BCUT2D eigenvalue weighted by molar-refractivity contribution is -0.118. The Hall–Kier alpha value is -2.47. The lowest BCUT2D eigenvalue weighted by Gasteiger charge is -2.20. The molecule has 2 aliphatic heterocycles. The summed E-state index contributed by atoms with van der Waals surface area (Å²) >= 11 is 1.32. The molecule has 5 nitrogen and oxygen atoms in total. The average molecular weight is 325 g/mol. The van der Waals surface area contributed by atoms with E-state index in [4.69, 9.17) is 0 Å². The van der Waals surface area contributed by atoms with Gasteiger partial charge < -0.3 is 10.4 Å². The van der Waals surface area contributed by atoms with E-state index >= 15 is 0 Å². The van der Waals surface area contributed by atoms with Gasteiger partial charge in [-0.2, -0.15) is 5.10 Å². The van der Waals surface area contributed by atoms with Gasteiger partial charge in [-0.1, -0.05) is 36.9 Å². The summed E-state index contributed by atoms with van der Waals surface area (Å²) in [6.45, 7) is 2.08. The van der Waals surface area contributed by atoms with Crippen molar-refractivity contribution in [2.24, 2.45) is 5.10 Å². The molecular formula is C17H15N3O2S. The van der Waals surface area contributed by atoms with Gasteiger partial charge in [0.15, 0.2) is 0 Å². The first kappa shape index (κ1) is 14.1. The highest BCUT2D eigenvalue weighted by Gasteiger charge is 2.52. The Balaban J connectivity index is 1.75. The Morgan fingerprint density at radius 3 is 2.87 bits per heavy atom. The van der Waals surface area contributed by atoms with Gasteiger partial charge in [-0.3, -0.25) is 10.2 Å². The number of hydrazone groups is 1. The van der Waals surface area contributed by atoms with E-state index < -0.39 is 4.87 Å². The van der Waals surface area contributed by atoms with Gasteiger partial charge in [-0.15, -0.1) is 0 Å². The van der Waals surface area contributed by atoms with Crippen molar-refractivity contribution >= 4 is 28.4 Å². The van der Waals surface area contributed by atoms with Gasteiger partial charge in [0.25, 0.3) is 5.91 Å². The molecule has 1 unspecified atom stereocenters. The largest absolute Gasteiger partial charge is 0.507 e. The van der Waals surface area contributed by atoms with Crippen molar-refractivity contribution in [1.82, 2.24) is 5.43 Å². The predicted molar refractivity (Wildman–Crippen MR) is 91.5 cm³/mol. The number of carbonyl (C=O) groups is 1. The number of anilines is 1. The Morgan fingerprint density at radius 2 is 2.09 bits per heavy atom. The van der Waals surface area contributed by atoms with Crippen molar-refractivity contribution in [3.63, 3.8) is 0 Å². The highest BCUT2D eigenvalue weighted by atomic mass is 32.2. The summed E-state index contributed by atoms with van der Waals surface area (Å²) in [6, 6.07) is 13.0. The number of phenols is 1. The van der Waals surface area contributed by atoms with E-state index in [1.165, 1.54) is 11.8 Å². The summed E-state index contributed by atoms with van der Waals surface area (Å²) in [5, 5.41) is 17.9. The van der Waals surface area contributed by atoms with Crippen LogP contribution in [0, 0.1) is 0 Å². The van der Waals surface area contributed by atoms with Crippen LogP contribution >= 0.6 is 11.8 Å². The summed E-state index contributed by atoms with van der Waals surface area (Å²) in [5.74, 6) is 0.0125. The topological polar surface area (TPSA) is 73.7 Å². The molecule has 0 bridgehead atoms. The summed E-state index contributed by atoms with van der Waals surface area (Å²) < 4.78 is 0. The molecule has 2 aromatic carbocycles. The minimum atomic E-state index is -0.960. The zero-order chi connectivity index (χ0) is 16.0. The lowest BCUT2D eigenvalue weighted by atomic mass is 10.0. The van der Waals surface area contributed by atoms with E-state index in [9.17, 15) is 9.90 Å². The molecule has 1 amide bonds. The quantitative estimate of drug-likeness (QED) is 0.794. The van der Waals surface area contributed by atoms with Gasteiger partial charge >= 0.3 is 0 Å². The molecule has 0 aromatic heterocycles. The molecule has 2 aromatic rings. The number of nitrogens with zero attached hydrogens (tertiary/aromatic N) is 1. The van der Waals surface area contributed by atoms with Gasteiger partial charge in [-0.05, 0) is 36.2 Å². The van der Waals surface area contributed by atoms with Crippen molar-refractivity contribution in [2.45, 2.75) is 18.2 Å². The second-order valence-corrected chi connectivity index (χ2v) is 6.72. The Kier molecular flexibility index (Phi) is 3.09. The van der Waals surface area contributed by atoms with Gasteiger partial charge in [-0.25, -0.2) is 0 Å². The summed E-state index contributed by atoms with van der Waals surface area (Å²) in [6.07, 6.45) is 0.898. The molecule has 2 heterocycles. The maximum atomic E-state index is 12.6. The molecule has 0 fully saturated rings. The van der Waals surface area contributed by atoms with Crippen LogP contribution in [0.4, 0.5) is 5.69 Å². The van der Waals surface area contributed by atoms with E-state index in [0.29, 0.717) is 10.6 Å². The van der Waals surface area contributed by atoms with Crippen LogP contribution in [-0.4, -0.2) is 16.1 Å². The molecule has 0 saturated heterocycles. The van der Waals surface area contributed by atoms with E-state index in [1.54, 1.807) is 18.2 Å². The monoisotopic (exact) mass is 325 g/mol. The number of carbonyl (C=O) groups excluding carboxylic acids is 1. The standard InChI is InChI=1S/C17H15N3O2S/c1-2-10-7-8-13-12(9-10)17(16(22)18-13)20-19-15(23-17)11-5-3-4-6-14(11)21/h3-9,20-21H,2H2,1H3,(H,18,22). The van der Waals surface area contributed by atoms with Crippen molar-refractivity contribution in [3.8, 4) is 5.75 Å². The highest BCUT2D eigenvalue weighted by Crippen LogP contribution is 2.48. The maximum absolute atomic E-state index is 12.6. The zero-order valence-corrected chi connectivity index (χ0v) is 13.3. The fourth-order valence-electron chi connectivity index (χ4n) is 2.85. The summed E-state index contributed by atoms with van der Waals surface area (Å²) in [5.41, 5.74) is 6.47. The first-order chi connectivity index (χ1) is 11.1. The molecule has 23 heavy (non-hydrogen) atoms. The molecule has 4 rings (SSSR count). The predicted octanol–water partition coefficient (Wildman–Crippen LogP) is 2.76. The third-order valence-electron chi connectivity index (χ3n) is 4.14. The second-order valence-electron chi connectivity index (χ2n) is 5.52. The van der Waals surface area contributed by atoms with Crippen molar-refractivity contribution in [1.29, 1.82) is 0 Å². The van der Waals surface area contributed by atoms with Crippen molar-refractivity contribution in [2.75, 3.05) is 5.32 Å². The third-order valence-corrected chi connectivity index (χ3v) is 5.45. The Labute approximate surface area is 137 Å². The Morgan fingerprint density at radius 1 is 1.26 bits per heavy atom. The van der Waals surface area contributed by atoms with Crippen LogP contribution in [0.2, 0.25) is 0 Å². The van der Waals surface area contributed by atoms with Crippen LogP contribution in [0.15, 0.2) is 47.6 Å². The molecule has 0 aliphatic carbocycles.